The molecular formula is C17H13FO4. The number of ether oxygens (including phenoxy) is 1. The molecule has 22 heavy (non-hydrogen) atoms. The van der Waals surface area contributed by atoms with Crippen LogP contribution < -0.4 is 10.2 Å². The van der Waals surface area contributed by atoms with Crippen molar-refractivity contribution >= 4 is 11.0 Å². The standard InChI is InChI=1S/C17H13FO4/c1-9-14(19)8-7-13-15(20)17(10(2)21-16(9)13)22-12-5-3-11(18)4-6-12/h3-8,19H,1-2H3. The fraction of sp³-hybridized carbons (Fsp3) is 0.118. The molecule has 4 nitrogen and oxygen atoms in total. The van der Waals surface area contributed by atoms with Crippen LogP contribution >= 0.6 is 0 Å². The average Bonchev–Trinajstić information content (AvgIpc) is 2.50. The van der Waals surface area contributed by atoms with E-state index in [-0.39, 0.29) is 28.5 Å². The van der Waals surface area contributed by atoms with E-state index in [0.717, 1.165) is 0 Å². The minimum absolute atomic E-state index is 0.0456. The van der Waals surface area contributed by atoms with Gasteiger partial charge in [-0.3, -0.25) is 4.79 Å². The van der Waals surface area contributed by atoms with E-state index in [9.17, 15) is 14.3 Å². The first-order valence-electron chi connectivity index (χ1n) is 6.67. The maximum Gasteiger partial charge on any atom is 0.235 e. The van der Waals surface area contributed by atoms with Crippen LogP contribution in [0.3, 0.4) is 0 Å². The lowest BCUT2D eigenvalue weighted by Gasteiger charge is -2.10. The van der Waals surface area contributed by atoms with Gasteiger partial charge >= 0.3 is 0 Å². The van der Waals surface area contributed by atoms with Gasteiger partial charge in [0, 0.05) is 5.56 Å². The van der Waals surface area contributed by atoms with Crippen LogP contribution in [0.25, 0.3) is 11.0 Å². The molecule has 0 bridgehead atoms. The molecule has 0 aliphatic heterocycles. The van der Waals surface area contributed by atoms with Gasteiger partial charge in [-0.25, -0.2) is 4.39 Å². The van der Waals surface area contributed by atoms with E-state index in [2.05, 4.69) is 0 Å². The molecule has 3 aromatic rings. The first kappa shape index (κ1) is 14.1. The smallest absolute Gasteiger partial charge is 0.235 e. The molecule has 5 heteroatoms. The van der Waals surface area contributed by atoms with Crippen molar-refractivity contribution in [3.05, 3.63) is 63.8 Å². The molecule has 0 amide bonds. The van der Waals surface area contributed by atoms with Crippen molar-refractivity contribution in [2.75, 3.05) is 0 Å². The minimum atomic E-state index is -0.388. The highest BCUT2D eigenvalue weighted by molar-refractivity contribution is 5.83. The molecule has 0 unspecified atom stereocenters. The van der Waals surface area contributed by atoms with Crippen molar-refractivity contribution < 1.29 is 18.7 Å². The van der Waals surface area contributed by atoms with E-state index in [1.807, 2.05) is 0 Å². The highest BCUT2D eigenvalue weighted by atomic mass is 19.1. The van der Waals surface area contributed by atoms with E-state index in [0.29, 0.717) is 22.3 Å². The zero-order valence-corrected chi connectivity index (χ0v) is 12.0. The molecule has 0 spiro atoms. The van der Waals surface area contributed by atoms with Crippen LogP contribution in [0, 0.1) is 19.7 Å². The fourth-order valence-corrected chi connectivity index (χ4v) is 2.21. The quantitative estimate of drug-likeness (QED) is 0.775. The van der Waals surface area contributed by atoms with E-state index in [1.165, 1.54) is 36.4 Å². The molecule has 0 saturated carbocycles. The lowest BCUT2D eigenvalue weighted by atomic mass is 10.1. The molecule has 0 saturated heterocycles. The molecule has 1 heterocycles. The van der Waals surface area contributed by atoms with Crippen molar-refractivity contribution in [2.45, 2.75) is 13.8 Å². The Labute approximate surface area is 125 Å². The lowest BCUT2D eigenvalue weighted by Crippen LogP contribution is -2.08. The fourth-order valence-electron chi connectivity index (χ4n) is 2.21. The summed E-state index contributed by atoms with van der Waals surface area (Å²) in [5.74, 6) is 0.342. The van der Waals surface area contributed by atoms with Gasteiger partial charge in [-0.05, 0) is 50.2 Å². The van der Waals surface area contributed by atoms with Crippen molar-refractivity contribution in [3.8, 4) is 17.2 Å². The summed E-state index contributed by atoms with van der Waals surface area (Å²) in [6.07, 6.45) is 0. The highest BCUT2D eigenvalue weighted by Crippen LogP contribution is 2.30. The zero-order chi connectivity index (χ0) is 15.9. The second-order valence-corrected chi connectivity index (χ2v) is 4.96. The van der Waals surface area contributed by atoms with Gasteiger partial charge in [0.2, 0.25) is 11.2 Å². The third-order valence-electron chi connectivity index (χ3n) is 3.44. The summed E-state index contributed by atoms with van der Waals surface area (Å²) in [6.45, 7) is 3.27. The van der Waals surface area contributed by atoms with E-state index in [4.69, 9.17) is 9.15 Å². The van der Waals surface area contributed by atoms with Crippen LogP contribution in [0.4, 0.5) is 4.39 Å². The van der Waals surface area contributed by atoms with Gasteiger partial charge in [-0.2, -0.15) is 0 Å². The number of rotatable bonds is 2. The van der Waals surface area contributed by atoms with E-state index < -0.39 is 0 Å². The van der Waals surface area contributed by atoms with Gasteiger partial charge < -0.3 is 14.3 Å². The summed E-state index contributed by atoms with van der Waals surface area (Å²) in [5, 5.41) is 10.0. The number of benzene rings is 2. The van der Waals surface area contributed by atoms with Gasteiger partial charge in [0.15, 0.2) is 0 Å². The average molecular weight is 300 g/mol. The Balaban J connectivity index is 2.16. The normalized spacial score (nSPS) is 10.9. The number of hydrogen-bond acceptors (Lipinski definition) is 4. The Hall–Kier alpha value is -2.82. The molecule has 3 rings (SSSR count). The van der Waals surface area contributed by atoms with Gasteiger partial charge in [-0.1, -0.05) is 0 Å². The molecule has 0 radical (unpaired) electrons. The Morgan fingerprint density at radius 1 is 1.09 bits per heavy atom. The van der Waals surface area contributed by atoms with Crippen molar-refractivity contribution in [1.29, 1.82) is 0 Å². The van der Waals surface area contributed by atoms with Crippen LogP contribution in [0.1, 0.15) is 11.3 Å². The Morgan fingerprint density at radius 3 is 2.45 bits per heavy atom. The van der Waals surface area contributed by atoms with E-state index >= 15 is 0 Å². The monoisotopic (exact) mass is 300 g/mol. The summed E-state index contributed by atoms with van der Waals surface area (Å²) in [6, 6.07) is 8.28. The van der Waals surface area contributed by atoms with Crippen LogP contribution in [-0.4, -0.2) is 5.11 Å². The summed E-state index contributed by atoms with van der Waals surface area (Å²) in [7, 11) is 0. The number of aromatic hydroxyl groups is 1. The molecule has 112 valence electrons. The molecule has 0 aliphatic rings. The number of phenolic OH excluding ortho intramolecular Hbond substituents is 1. The Kier molecular flexibility index (Phi) is 3.33. The zero-order valence-electron chi connectivity index (χ0n) is 12.0. The third kappa shape index (κ3) is 2.30. The first-order chi connectivity index (χ1) is 10.5. The van der Waals surface area contributed by atoms with Crippen molar-refractivity contribution in [3.63, 3.8) is 0 Å². The SMILES string of the molecule is Cc1oc2c(C)c(O)ccc2c(=O)c1Oc1ccc(F)cc1. The third-order valence-corrected chi connectivity index (χ3v) is 3.44. The topological polar surface area (TPSA) is 59.7 Å². The van der Waals surface area contributed by atoms with Crippen LogP contribution in [-0.2, 0) is 0 Å². The number of hydrogen-bond donors (Lipinski definition) is 1. The predicted molar refractivity (Wildman–Crippen MR) is 80.1 cm³/mol. The Morgan fingerprint density at radius 2 is 1.77 bits per heavy atom. The maximum absolute atomic E-state index is 12.9. The van der Waals surface area contributed by atoms with Crippen LogP contribution in [0.5, 0.6) is 17.2 Å². The first-order valence-corrected chi connectivity index (χ1v) is 6.67. The number of halogens is 1. The van der Waals surface area contributed by atoms with Gasteiger partial charge in [0.1, 0.15) is 28.7 Å². The second-order valence-electron chi connectivity index (χ2n) is 4.96. The van der Waals surface area contributed by atoms with Crippen LogP contribution in [0.15, 0.2) is 45.6 Å². The van der Waals surface area contributed by atoms with Gasteiger partial charge in [-0.15, -0.1) is 0 Å². The molecule has 0 atom stereocenters. The summed E-state index contributed by atoms with van der Waals surface area (Å²) in [4.78, 5) is 12.5. The number of phenols is 1. The number of fused-ring (bicyclic) bond motifs is 1. The summed E-state index contributed by atoms with van der Waals surface area (Å²) >= 11 is 0. The minimum Gasteiger partial charge on any atom is -0.508 e. The van der Waals surface area contributed by atoms with Gasteiger partial charge in [0.05, 0.1) is 5.39 Å². The molecule has 0 fully saturated rings. The van der Waals surface area contributed by atoms with Crippen LogP contribution in [0.2, 0.25) is 0 Å². The second kappa shape index (κ2) is 5.18. The lowest BCUT2D eigenvalue weighted by molar-refractivity contribution is 0.433. The molecule has 1 N–H and O–H groups in total. The largest absolute Gasteiger partial charge is 0.508 e. The highest BCUT2D eigenvalue weighted by Gasteiger charge is 2.16. The number of aryl methyl sites for hydroxylation is 2. The molecule has 1 aromatic heterocycles. The Bertz CT molecular complexity index is 911. The van der Waals surface area contributed by atoms with Crippen molar-refractivity contribution in [2.24, 2.45) is 0 Å². The van der Waals surface area contributed by atoms with Crippen molar-refractivity contribution in [1.82, 2.24) is 0 Å². The summed E-state index contributed by atoms with van der Waals surface area (Å²) < 4.78 is 24.1. The summed E-state index contributed by atoms with van der Waals surface area (Å²) in [5.41, 5.74) is 0.478. The predicted octanol–water partition coefficient (Wildman–Crippen LogP) is 4.05. The van der Waals surface area contributed by atoms with E-state index in [1.54, 1.807) is 13.8 Å². The maximum atomic E-state index is 12.9. The van der Waals surface area contributed by atoms with Gasteiger partial charge in [0.25, 0.3) is 0 Å². The molecular weight excluding hydrogens is 287 g/mol. The molecule has 2 aromatic carbocycles. The molecule has 0 aliphatic carbocycles.